The number of rotatable bonds is 1. The number of hydrogen-bond donors (Lipinski definition) is 1. The number of aliphatic hydroxyl groups is 1. The lowest BCUT2D eigenvalue weighted by Crippen LogP contribution is -2.33. The van der Waals surface area contributed by atoms with Gasteiger partial charge in [-0.25, -0.2) is 0 Å². The number of likely N-dealkylation sites (tertiary alicyclic amines) is 1. The first-order valence-corrected chi connectivity index (χ1v) is 5.09. The summed E-state index contributed by atoms with van der Waals surface area (Å²) in [5.41, 5.74) is 0.382. The predicted molar refractivity (Wildman–Crippen MR) is 57.0 cm³/mol. The second-order valence-corrected chi connectivity index (χ2v) is 4.39. The zero-order valence-corrected chi connectivity index (χ0v) is 8.77. The molecule has 0 aromatic heterocycles. The van der Waals surface area contributed by atoms with Crippen LogP contribution in [0.2, 0.25) is 0 Å². The van der Waals surface area contributed by atoms with Crippen molar-refractivity contribution in [2.75, 3.05) is 20.1 Å². The molecule has 2 atom stereocenters. The molecule has 0 radical (unpaired) electrons. The van der Waals surface area contributed by atoms with Crippen molar-refractivity contribution in [2.45, 2.75) is 12.5 Å². The van der Waals surface area contributed by atoms with Gasteiger partial charge in [-0.3, -0.25) is 0 Å². The maximum Gasteiger partial charge on any atom is 0.106 e. The molecule has 1 N–H and O–H groups in total. The number of nitrogens with zero attached hydrogens (tertiary/aromatic N) is 1. The van der Waals surface area contributed by atoms with Crippen LogP contribution in [0.15, 0.2) is 30.3 Å². The number of likely N-dealkylation sites (N-methyl/N-ethyl adjacent to an activating group) is 1. The van der Waals surface area contributed by atoms with Gasteiger partial charge in [0.15, 0.2) is 0 Å². The Kier molecular flexibility index (Phi) is 2.33. The highest BCUT2D eigenvalue weighted by molar-refractivity contribution is 5.25. The van der Waals surface area contributed by atoms with Gasteiger partial charge in [-0.1, -0.05) is 37.3 Å². The fourth-order valence-corrected chi connectivity index (χ4v) is 2.35. The fourth-order valence-electron chi connectivity index (χ4n) is 2.35. The molecule has 1 fully saturated rings. The molecule has 0 bridgehead atoms. The Morgan fingerprint density at radius 1 is 1.36 bits per heavy atom. The molecule has 0 aliphatic carbocycles. The van der Waals surface area contributed by atoms with Gasteiger partial charge >= 0.3 is 0 Å². The zero-order chi connectivity index (χ0) is 10.2. The van der Waals surface area contributed by atoms with Crippen molar-refractivity contribution < 1.29 is 5.11 Å². The summed E-state index contributed by atoms with van der Waals surface area (Å²) in [6.45, 7) is 3.81. The molecule has 14 heavy (non-hydrogen) atoms. The van der Waals surface area contributed by atoms with E-state index in [1.165, 1.54) is 0 Å². The fraction of sp³-hybridized carbons (Fsp3) is 0.500. The van der Waals surface area contributed by atoms with Crippen molar-refractivity contribution in [1.29, 1.82) is 0 Å². The average molecular weight is 191 g/mol. The monoisotopic (exact) mass is 191 g/mol. The van der Waals surface area contributed by atoms with Crippen molar-refractivity contribution in [2.24, 2.45) is 5.92 Å². The summed E-state index contributed by atoms with van der Waals surface area (Å²) in [4.78, 5) is 2.18. The summed E-state index contributed by atoms with van der Waals surface area (Å²) in [5.74, 6) is 0.301. The van der Waals surface area contributed by atoms with Crippen molar-refractivity contribution in [1.82, 2.24) is 4.90 Å². The van der Waals surface area contributed by atoms with E-state index in [0.717, 1.165) is 18.7 Å². The van der Waals surface area contributed by atoms with Gasteiger partial charge in [0.1, 0.15) is 5.60 Å². The molecule has 0 saturated carbocycles. The first-order chi connectivity index (χ1) is 6.63. The molecular formula is C12H17NO. The van der Waals surface area contributed by atoms with Crippen LogP contribution in [0.3, 0.4) is 0 Å². The third-order valence-corrected chi connectivity index (χ3v) is 3.19. The molecule has 2 nitrogen and oxygen atoms in total. The lowest BCUT2D eigenvalue weighted by molar-refractivity contribution is 0.0146. The predicted octanol–water partition coefficient (Wildman–Crippen LogP) is 1.46. The van der Waals surface area contributed by atoms with E-state index in [1.807, 2.05) is 30.3 Å². The average Bonchev–Trinajstić information content (AvgIpc) is 2.43. The SMILES string of the molecule is C[C@H]1CN(C)C[C@@]1(O)c1ccccc1. The van der Waals surface area contributed by atoms with Gasteiger partial charge in [-0.2, -0.15) is 0 Å². The minimum absolute atomic E-state index is 0.301. The quantitative estimate of drug-likeness (QED) is 0.726. The molecule has 2 rings (SSSR count). The second-order valence-electron chi connectivity index (χ2n) is 4.39. The third kappa shape index (κ3) is 1.45. The zero-order valence-electron chi connectivity index (χ0n) is 8.77. The van der Waals surface area contributed by atoms with Gasteiger partial charge < -0.3 is 10.0 Å². The molecule has 0 amide bonds. The van der Waals surface area contributed by atoms with E-state index in [4.69, 9.17) is 0 Å². The molecule has 1 heterocycles. The van der Waals surface area contributed by atoms with Gasteiger partial charge in [0.2, 0.25) is 0 Å². The molecule has 1 aromatic rings. The second kappa shape index (κ2) is 3.37. The molecule has 1 aliphatic rings. The number of β-amino-alcohol motifs (C(OH)–C–C–N with tert-alkyl or cyclic N) is 1. The van der Waals surface area contributed by atoms with Crippen molar-refractivity contribution in [3.8, 4) is 0 Å². The molecule has 1 aromatic carbocycles. The van der Waals surface area contributed by atoms with Crippen LogP contribution in [0.1, 0.15) is 12.5 Å². The van der Waals surface area contributed by atoms with Crippen molar-refractivity contribution in [3.05, 3.63) is 35.9 Å². The Morgan fingerprint density at radius 3 is 2.50 bits per heavy atom. The Bertz CT molecular complexity index is 311. The van der Waals surface area contributed by atoms with E-state index in [1.54, 1.807) is 0 Å². The lowest BCUT2D eigenvalue weighted by atomic mass is 9.85. The summed E-state index contributed by atoms with van der Waals surface area (Å²) >= 11 is 0. The first-order valence-electron chi connectivity index (χ1n) is 5.09. The standard InChI is InChI=1S/C12H17NO/c1-10-8-13(2)9-12(10,14)11-6-4-3-5-7-11/h3-7,10,14H,8-9H2,1-2H3/t10-,12-/m0/s1. The largest absolute Gasteiger partial charge is 0.383 e. The summed E-state index contributed by atoms with van der Waals surface area (Å²) in [6.07, 6.45) is 0. The van der Waals surface area contributed by atoms with Crippen LogP contribution in [0.5, 0.6) is 0 Å². The van der Waals surface area contributed by atoms with E-state index in [-0.39, 0.29) is 0 Å². The Balaban J connectivity index is 2.33. The van der Waals surface area contributed by atoms with Gasteiger partial charge in [0.05, 0.1) is 0 Å². The van der Waals surface area contributed by atoms with Crippen LogP contribution in [-0.2, 0) is 5.60 Å². The van der Waals surface area contributed by atoms with E-state index >= 15 is 0 Å². The summed E-state index contributed by atoms with van der Waals surface area (Å²) in [7, 11) is 2.05. The maximum atomic E-state index is 10.6. The van der Waals surface area contributed by atoms with Crippen LogP contribution in [-0.4, -0.2) is 30.1 Å². The normalized spacial score (nSPS) is 33.5. The molecule has 0 unspecified atom stereocenters. The topological polar surface area (TPSA) is 23.5 Å². The van der Waals surface area contributed by atoms with Crippen LogP contribution >= 0.6 is 0 Å². The number of benzene rings is 1. The van der Waals surface area contributed by atoms with Crippen LogP contribution in [0, 0.1) is 5.92 Å². The summed E-state index contributed by atoms with van der Waals surface area (Å²) in [6, 6.07) is 9.97. The Morgan fingerprint density at radius 2 is 2.00 bits per heavy atom. The minimum atomic E-state index is -0.657. The van der Waals surface area contributed by atoms with E-state index in [0.29, 0.717) is 5.92 Å². The van der Waals surface area contributed by atoms with Gasteiger partial charge in [-0.05, 0) is 12.6 Å². The summed E-state index contributed by atoms with van der Waals surface area (Å²) in [5, 5.41) is 10.6. The Labute approximate surface area is 85.2 Å². The Hall–Kier alpha value is -0.860. The maximum absolute atomic E-state index is 10.6. The number of hydrogen-bond acceptors (Lipinski definition) is 2. The highest BCUT2D eigenvalue weighted by atomic mass is 16.3. The van der Waals surface area contributed by atoms with Crippen LogP contribution in [0.25, 0.3) is 0 Å². The van der Waals surface area contributed by atoms with Crippen molar-refractivity contribution >= 4 is 0 Å². The summed E-state index contributed by atoms with van der Waals surface area (Å²) < 4.78 is 0. The van der Waals surface area contributed by atoms with Gasteiger partial charge in [0, 0.05) is 19.0 Å². The van der Waals surface area contributed by atoms with Crippen LogP contribution in [0.4, 0.5) is 0 Å². The smallest absolute Gasteiger partial charge is 0.106 e. The lowest BCUT2D eigenvalue weighted by Gasteiger charge is -2.27. The molecule has 2 heteroatoms. The van der Waals surface area contributed by atoms with E-state index in [2.05, 4.69) is 18.9 Å². The molecular weight excluding hydrogens is 174 g/mol. The molecule has 1 saturated heterocycles. The highest BCUT2D eigenvalue weighted by Crippen LogP contribution is 2.35. The van der Waals surface area contributed by atoms with Crippen LogP contribution < -0.4 is 0 Å². The molecule has 1 aliphatic heterocycles. The highest BCUT2D eigenvalue weighted by Gasteiger charge is 2.42. The molecule has 76 valence electrons. The minimum Gasteiger partial charge on any atom is -0.383 e. The first kappa shape index (κ1) is 9.69. The van der Waals surface area contributed by atoms with E-state index in [9.17, 15) is 5.11 Å². The third-order valence-electron chi connectivity index (χ3n) is 3.19. The van der Waals surface area contributed by atoms with Gasteiger partial charge in [0.25, 0.3) is 0 Å². The molecule has 0 spiro atoms. The van der Waals surface area contributed by atoms with E-state index < -0.39 is 5.60 Å². The van der Waals surface area contributed by atoms with Crippen molar-refractivity contribution in [3.63, 3.8) is 0 Å². The van der Waals surface area contributed by atoms with Gasteiger partial charge in [-0.15, -0.1) is 0 Å².